The first-order chi connectivity index (χ1) is 3.92. The van der Waals surface area contributed by atoms with Crippen molar-refractivity contribution in [3.8, 4) is 0 Å². The smallest absolute Gasteiger partial charge is 0.114 e. The van der Waals surface area contributed by atoms with Gasteiger partial charge in [0, 0.05) is 5.54 Å². The topological polar surface area (TPSA) is 44.3 Å². The van der Waals surface area contributed by atoms with E-state index in [1.54, 1.807) is 6.92 Å². The lowest BCUT2D eigenvalue weighted by Crippen LogP contribution is -2.49. The van der Waals surface area contributed by atoms with Crippen molar-refractivity contribution in [3.63, 3.8) is 0 Å². The SMILES string of the molecule is CC(O)NNC(C)(C)C. The van der Waals surface area contributed by atoms with E-state index in [0.29, 0.717) is 0 Å². The molecule has 3 nitrogen and oxygen atoms in total. The molecule has 0 bridgehead atoms. The van der Waals surface area contributed by atoms with Crippen LogP contribution < -0.4 is 10.9 Å². The van der Waals surface area contributed by atoms with E-state index in [2.05, 4.69) is 10.9 Å². The predicted octanol–water partition coefficient (Wildman–Crippen LogP) is 0.217. The molecule has 0 aromatic rings. The minimum Gasteiger partial charge on any atom is -0.378 e. The van der Waals surface area contributed by atoms with E-state index < -0.39 is 6.23 Å². The zero-order chi connectivity index (χ0) is 7.49. The fraction of sp³-hybridized carbons (Fsp3) is 1.00. The lowest BCUT2D eigenvalue weighted by Gasteiger charge is -2.22. The van der Waals surface area contributed by atoms with E-state index in [0.717, 1.165) is 0 Å². The molecule has 1 atom stereocenters. The Labute approximate surface area is 56.4 Å². The molecule has 0 saturated heterocycles. The first-order valence-electron chi connectivity index (χ1n) is 3.12. The van der Waals surface area contributed by atoms with Crippen LogP contribution in [0, 0.1) is 0 Å². The third-order valence-electron chi connectivity index (χ3n) is 0.656. The summed E-state index contributed by atoms with van der Waals surface area (Å²) in [6, 6.07) is 0. The van der Waals surface area contributed by atoms with E-state index in [9.17, 15) is 0 Å². The summed E-state index contributed by atoms with van der Waals surface area (Å²) in [6.45, 7) is 7.71. The molecule has 0 aromatic heterocycles. The second kappa shape index (κ2) is 3.15. The average molecular weight is 132 g/mol. The maximum Gasteiger partial charge on any atom is 0.114 e. The van der Waals surface area contributed by atoms with Gasteiger partial charge in [-0.3, -0.25) is 5.43 Å². The molecule has 0 aliphatic rings. The summed E-state index contributed by atoms with van der Waals surface area (Å²) in [4.78, 5) is 0. The van der Waals surface area contributed by atoms with Crippen molar-refractivity contribution in [1.82, 2.24) is 10.9 Å². The van der Waals surface area contributed by atoms with Gasteiger partial charge in [-0.1, -0.05) is 0 Å². The minimum atomic E-state index is -0.496. The van der Waals surface area contributed by atoms with Gasteiger partial charge in [0.05, 0.1) is 0 Å². The van der Waals surface area contributed by atoms with Crippen LogP contribution in [0.1, 0.15) is 27.7 Å². The van der Waals surface area contributed by atoms with E-state index in [1.807, 2.05) is 20.8 Å². The third-order valence-corrected chi connectivity index (χ3v) is 0.656. The number of nitrogens with one attached hydrogen (secondary N) is 2. The Bertz CT molecular complexity index is 75.6. The van der Waals surface area contributed by atoms with Gasteiger partial charge in [0.1, 0.15) is 6.23 Å². The van der Waals surface area contributed by atoms with E-state index in [-0.39, 0.29) is 5.54 Å². The second-order valence-electron chi connectivity index (χ2n) is 3.20. The molecule has 0 spiro atoms. The molecule has 1 unspecified atom stereocenters. The molecule has 0 heterocycles. The van der Waals surface area contributed by atoms with Gasteiger partial charge < -0.3 is 5.11 Å². The summed E-state index contributed by atoms with van der Waals surface area (Å²) in [5.41, 5.74) is 5.62. The number of aliphatic hydroxyl groups is 1. The fourth-order valence-corrected chi connectivity index (χ4v) is 0.321. The van der Waals surface area contributed by atoms with Gasteiger partial charge in [-0.2, -0.15) is 0 Å². The highest BCUT2D eigenvalue weighted by molar-refractivity contribution is 4.66. The first-order valence-corrected chi connectivity index (χ1v) is 3.12. The average Bonchev–Trinajstić information content (AvgIpc) is 1.59. The van der Waals surface area contributed by atoms with E-state index in [1.165, 1.54) is 0 Å². The second-order valence-corrected chi connectivity index (χ2v) is 3.20. The Kier molecular flexibility index (Phi) is 3.11. The fourth-order valence-electron chi connectivity index (χ4n) is 0.321. The molecule has 0 amide bonds. The van der Waals surface area contributed by atoms with Crippen LogP contribution in [0.2, 0.25) is 0 Å². The van der Waals surface area contributed by atoms with Gasteiger partial charge in [-0.15, -0.1) is 0 Å². The number of rotatable bonds is 2. The van der Waals surface area contributed by atoms with Crippen molar-refractivity contribution < 1.29 is 5.11 Å². The van der Waals surface area contributed by atoms with E-state index in [4.69, 9.17) is 5.11 Å². The van der Waals surface area contributed by atoms with Crippen LogP contribution in [0.15, 0.2) is 0 Å². The summed E-state index contributed by atoms with van der Waals surface area (Å²) < 4.78 is 0. The minimum absolute atomic E-state index is 0.0109. The van der Waals surface area contributed by atoms with Crippen molar-refractivity contribution in [1.29, 1.82) is 0 Å². The predicted molar refractivity (Wildman–Crippen MR) is 37.7 cm³/mol. The van der Waals surface area contributed by atoms with Gasteiger partial charge in [0.15, 0.2) is 0 Å². The van der Waals surface area contributed by atoms with Crippen LogP contribution in [0.3, 0.4) is 0 Å². The largest absolute Gasteiger partial charge is 0.378 e. The Morgan fingerprint density at radius 1 is 1.33 bits per heavy atom. The number of aliphatic hydroxyl groups excluding tert-OH is 1. The van der Waals surface area contributed by atoms with Crippen molar-refractivity contribution >= 4 is 0 Å². The lowest BCUT2D eigenvalue weighted by molar-refractivity contribution is 0.120. The Morgan fingerprint density at radius 2 is 1.78 bits per heavy atom. The van der Waals surface area contributed by atoms with Gasteiger partial charge in [0.25, 0.3) is 0 Å². The van der Waals surface area contributed by atoms with Crippen LogP contribution in [-0.2, 0) is 0 Å². The van der Waals surface area contributed by atoms with Crippen LogP contribution in [0.4, 0.5) is 0 Å². The molecule has 0 saturated carbocycles. The van der Waals surface area contributed by atoms with Crippen molar-refractivity contribution in [2.24, 2.45) is 0 Å². The Hall–Kier alpha value is -0.120. The lowest BCUT2D eigenvalue weighted by atomic mass is 10.1. The first kappa shape index (κ1) is 8.88. The van der Waals surface area contributed by atoms with Gasteiger partial charge >= 0.3 is 0 Å². The normalized spacial score (nSPS) is 15.7. The zero-order valence-corrected chi connectivity index (χ0v) is 6.52. The molecule has 0 radical (unpaired) electrons. The van der Waals surface area contributed by atoms with Crippen LogP contribution in [0.5, 0.6) is 0 Å². The highest BCUT2D eigenvalue weighted by Crippen LogP contribution is 1.95. The van der Waals surface area contributed by atoms with E-state index >= 15 is 0 Å². The Morgan fingerprint density at radius 3 is 1.89 bits per heavy atom. The zero-order valence-electron chi connectivity index (χ0n) is 6.52. The maximum absolute atomic E-state index is 8.74. The molecule has 3 N–H and O–H groups in total. The molecule has 0 aliphatic carbocycles. The van der Waals surface area contributed by atoms with Crippen molar-refractivity contribution in [2.45, 2.75) is 39.5 Å². The molecule has 0 aliphatic heterocycles. The number of hydrogen-bond donors (Lipinski definition) is 3. The summed E-state index contributed by atoms with van der Waals surface area (Å²) in [6.07, 6.45) is -0.496. The Balaban J connectivity index is 3.28. The molecule has 0 fully saturated rings. The van der Waals surface area contributed by atoms with Crippen LogP contribution in [0.25, 0.3) is 0 Å². The van der Waals surface area contributed by atoms with Gasteiger partial charge in [0.2, 0.25) is 0 Å². The summed E-state index contributed by atoms with van der Waals surface area (Å²) >= 11 is 0. The highest BCUT2D eigenvalue weighted by Gasteiger charge is 2.07. The van der Waals surface area contributed by atoms with Crippen LogP contribution in [-0.4, -0.2) is 16.9 Å². The van der Waals surface area contributed by atoms with Crippen molar-refractivity contribution in [3.05, 3.63) is 0 Å². The maximum atomic E-state index is 8.74. The quantitative estimate of drug-likeness (QED) is 0.372. The summed E-state index contributed by atoms with van der Waals surface area (Å²) in [7, 11) is 0. The summed E-state index contributed by atoms with van der Waals surface area (Å²) in [5.74, 6) is 0. The number of hydrogen-bond acceptors (Lipinski definition) is 3. The highest BCUT2D eigenvalue weighted by atomic mass is 16.3. The van der Waals surface area contributed by atoms with Crippen LogP contribution >= 0.6 is 0 Å². The molecule has 56 valence electrons. The third kappa shape index (κ3) is 7.88. The summed E-state index contributed by atoms with van der Waals surface area (Å²) in [5, 5.41) is 8.74. The van der Waals surface area contributed by atoms with Gasteiger partial charge in [-0.05, 0) is 27.7 Å². The molecule has 9 heavy (non-hydrogen) atoms. The number of hydrazine groups is 1. The molecular weight excluding hydrogens is 116 g/mol. The molecular formula is C6H16N2O. The molecule has 3 heteroatoms. The van der Waals surface area contributed by atoms with Gasteiger partial charge in [-0.25, -0.2) is 5.43 Å². The van der Waals surface area contributed by atoms with Crippen molar-refractivity contribution in [2.75, 3.05) is 0 Å². The monoisotopic (exact) mass is 132 g/mol. The molecule has 0 aromatic carbocycles. The standard InChI is InChI=1S/C6H16N2O/c1-5(9)7-8-6(2,3)4/h5,7-9H,1-4H3. The molecule has 0 rings (SSSR count).